The number of thiophene rings is 1. The molecule has 1 fully saturated rings. The maximum atomic E-state index is 6.49. The summed E-state index contributed by atoms with van der Waals surface area (Å²) in [5.41, 5.74) is 6.32. The molecule has 0 aliphatic heterocycles. The van der Waals surface area contributed by atoms with Crippen molar-refractivity contribution in [3.8, 4) is 0 Å². The fourth-order valence-electron chi connectivity index (χ4n) is 2.74. The highest BCUT2D eigenvalue weighted by molar-refractivity contribution is 9.10. The maximum Gasteiger partial charge on any atom is 0.0878 e. The number of methoxy groups -OCH3 is 1. The molecule has 17 heavy (non-hydrogen) atoms. The van der Waals surface area contributed by atoms with Crippen LogP contribution in [0, 0.1) is 0 Å². The zero-order valence-corrected chi connectivity index (χ0v) is 12.6. The molecule has 1 heterocycles. The maximum absolute atomic E-state index is 6.49. The molecule has 0 amide bonds. The Morgan fingerprint density at radius 2 is 2.00 bits per heavy atom. The predicted molar refractivity (Wildman–Crippen MR) is 76.4 cm³/mol. The molecule has 0 aromatic carbocycles. The zero-order valence-electron chi connectivity index (χ0n) is 10.2. The summed E-state index contributed by atoms with van der Waals surface area (Å²) < 4.78 is 6.98. The van der Waals surface area contributed by atoms with Gasteiger partial charge in [0.15, 0.2) is 0 Å². The highest BCUT2D eigenvalue weighted by Gasteiger charge is 2.39. The third-order valence-electron chi connectivity index (χ3n) is 3.85. The van der Waals surface area contributed by atoms with Gasteiger partial charge in [0.2, 0.25) is 0 Å². The molecule has 1 aromatic rings. The lowest BCUT2D eigenvalue weighted by atomic mass is 9.85. The standard InChI is InChI=1S/C13H20BrNOS/c1-16-13(7-4-2-3-5-8-13)12(15)11-10(14)6-9-17-11/h6,9,12H,2-5,7-8,15H2,1H3. The van der Waals surface area contributed by atoms with Crippen LogP contribution >= 0.6 is 27.3 Å². The Morgan fingerprint density at radius 3 is 2.47 bits per heavy atom. The first-order valence-corrected chi connectivity index (χ1v) is 7.90. The molecule has 1 aliphatic rings. The van der Waals surface area contributed by atoms with Crippen LogP contribution in [0.5, 0.6) is 0 Å². The quantitative estimate of drug-likeness (QED) is 0.846. The van der Waals surface area contributed by atoms with E-state index in [0.29, 0.717) is 0 Å². The summed E-state index contributed by atoms with van der Waals surface area (Å²) in [6, 6.07) is 2.06. The van der Waals surface area contributed by atoms with Crippen LogP contribution in [-0.2, 0) is 4.74 Å². The lowest BCUT2D eigenvalue weighted by Gasteiger charge is -2.37. The zero-order chi connectivity index (χ0) is 12.3. The molecule has 96 valence electrons. The minimum Gasteiger partial charge on any atom is -0.376 e. The first kappa shape index (κ1) is 13.5. The van der Waals surface area contributed by atoms with Gasteiger partial charge in [0.05, 0.1) is 11.6 Å². The molecule has 1 aromatic heterocycles. The summed E-state index contributed by atoms with van der Waals surface area (Å²) in [4.78, 5) is 1.22. The van der Waals surface area contributed by atoms with E-state index in [1.807, 2.05) is 7.11 Å². The number of rotatable bonds is 3. The molecule has 0 saturated heterocycles. The van der Waals surface area contributed by atoms with Crippen LogP contribution < -0.4 is 5.73 Å². The van der Waals surface area contributed by atoms with Crippen LogP contribution in [0.15, 0.2) is 15.9 Å². The van der Waals surface area contributed by atoms with E-state index in [-0.39, 0.29) is 11.6 Å². The average molecular weight is 318 g/mol. The van der Waals surface area contributed by atoms with Crippen LogP contribution in [0.4, 0.5) is 0 Å². The van der Waals surface area contributed by atoms with Crippen molar-refractivity contribution in [1.82, 2.24) is 0 Å². The summed E-state index contributed by atoms with van der Waals surface area (Å²) >= 11 is 5.30. The van der Waals surface area contributed by atoms with Gasteiger partial charge in [0.25, 0.3) is 0 Å². The van der Waals surface area contributed by atoms with E-state index in [1.54, 1.807) is 11.3 Å². The minimum atomic E-state index is -0.163. The van der Waals surface area contributed by atoms with E-state index >= 15 is 0 Å². The van der Waals surface area contributed by atoms with Crippen LogP contribution in [0.2, 0.25) is 0 Å². The smallest absolute Gasteiger partial charge is 0.0878 e. The van der Waals surface area contributed by atoms with Crippen molar-refractivity contribution < 1.29 is 4.74 Å². The van der Waals surface area contributed by atoms with Crippen molar-refractivity contribution in [2.24, 2.45) is 5.73 Å². The summed E-state index contributed by atoms with van der Waals surface area (Å²) in [6.07, 6.45) is 7.23. The van der Waals surface area contributed by atoms with Gasteiger partial charge in [-0.25, -0.2) is 0 Å². The number of halogens is 1. The summed E-state index contributed by atoms with van der Waals surface area (Å²) in [6.45, 7) is 0. The van der Waals surface area contributed by atoms with Crippen molar-refractivity contribution in [1.29, 1.82) is 0 Å². The third kappa shape index (κ3) is 2.75. The molecule has 1 saturated carbocycles. The predicted octanol–water partition coefficient (Wildman–Crippen LogP) is 4.25. The topological polar surface area (TPSA) is 35.2 Å². The summed E-state index contributed by atoms with van der Waals surface area (Å²) in [5, 5.41) is 2.08. The van der Waals surface area contributed by atoms with Gasteiger partial charge in [-0.3, -0.25) is 0 Å². The van der Waals surface area contributed by atoms with Gasteiger partial charge in [-0.05, 0) is 40.2 Å². The molecular weight excluding hydrogens is 298 g/mol. The fraction of sp³-hybridized carbons (Fsp3) is 0.692. The highest BCUT2D eigenvalue weighted by atomic mass is 79.9. The van der Waals surface area contributed by atoms with E-state index < -0.39 is 0 Å². The number of ether oxygens (including phenoxy) is 1. The molecule has 1 unspecified atom stereocenters. The van der Waals surface area contributed by atoms with E-state index in [4.69, 9.17) is 10.5 Å². The first-order chi connectivity index (χ1) is 8.19. The number of nitrogens with two attached hydrogens (primary N) is 1. The largest absolute Gasteiger partial charge is 0.376 e. The van der Waals surface area contributed by atoms with Gasteiger partial charge < -0.3 is 10.5 Å². The van der Waals surface area contributed by atoms with Gasteiger partial charge in [-0.1, -0.05) is 25.7 Å². The van der Waals surface area contributed by atoms with Gasteiger partial charge in [0.1, 0.15) is 0 Å². The van der Waals surface area contributed by atoms with Crippen molar-refractivity contribution in [2.75, 3.05) is 7.11 Å². The molecule has 2 nitrogen and oxygen atoms in total. The molecule has 0 bridgehead atoms. The van der Waals surface area contributed by atoms with Gasteiger partial charge in [0, 0.05) is 16.5 Å². The second kappa shape index (κ2) is 5.83. The molecule has 4 heteroatoms. The van der Waals surface area contributed by atoms with Gasteiger partial charge >= 0.3 is 0 Å². The Bertz CT molecular complexity index is 358. The SMILES string of the molecule is COC1(C(N)c2sccc2Br)CCCCCC1. The van der Waals surface area contributed by atoms with E-state index in [0.717, 1.165) is 17.3 Å². The summed E-state index contributed by atoms with van der Waals surface area (Å²) in [5.74, 6) is 0. The Morgan fingerprint density at radius 1 is 1.35 bits per heavy atom. The van der Waals surface area contributed by atoms with Crippen LogP contribution in [0.1, 0.15) is 49.4 Å². The van der Waals surface area contributed by atoms with Gasteiger partial charge in [-0.2, -0.15) is 0 Å². The Hall–Kier alpha value is 0.100. The second-order valence-corrected chi connectivity index (χ2v) is 6.60. The lowest BCUT2D eigenvalue weighted by molar-refractivity contribution is -0.0435. The van der Waals surface area contributed by atoms with Gasteiger partial charge in [-0.15, -0.1) is 11.3 Å². The Labute approximate surface area is 116 Å². The Kier molecular flexibility index (Phi) is 4.64. The Balaban J connectivity index is 2.24. The van der Waals surface area contributed by atoms with Crippen molar-refractivity contribution >= 4 is 27.3 Å². The average Bonchev–Trinajstić information content (AvgIpc) is 2.64. The number of hydrogen-bond acceptors (Lipinski definition) is 3. The highest BCUT2D eigenvalue weighted by Crippen LogP contribution is 2.42. The van der Waals surface area contributed by atoms with Crippen molar-refractivity contribution in [3.05, 3.63) is 20.8 Å². The molecule has 0 spiro atoms. The number of hydrogen-bond donors (Lipinski definition) is 1. The molecular formula is C13H20BrNOS. The van der Waals surface area contributed by atoms with E-state index in [2.05, 4.69) is 27.4 Å². The van der Waals surface area contributed by atoms with Crippen LogP contribution in [0.25, 0.3) is 0 Å². The minimum absolute atomic E-state index is 0.0139. The van der Waals surface area contributed by atoms with E-state index in [1.165, 1.54) is 30.6 Å². The second-order valence-electron chi connectivity index (χ2n) is 4.79. The van der Waals surface area contributed by atoms with Crippen molar-refractivity contribution in [3.63, 3.8) is 0 Å². The molecule has 0 radical (unpaired) electrons. The molecule has 1 aliphatic carbocycles. The van der Waals surface area contributed by atoms with Crippen molar-refractivity contribution in [2.45, 2.75) is 50.2 Å². The molecule has 2 N–H and O–H groups in total. The fourth-order valence-corrected chi connectivity index (χ4v) is 4.46. The third-order valence-corrected chi connectivity index (χ3v) is 5.80. The monoisotopic (exact) mass is 317 g/mol. The van der Waals surface area contributed by atoms with Crippen LogP contribution in [0.3, 0.4) is 0 Å². The molecule has 1 atom stereocenters. The lowest BCUT2D eigenvalue weighted by Crippen LogP contribution is -2.42. The first-order valence-electron chi connectivity index (χ1n) is 6.23. The summed E-state index contributed by atoms with van der Waals surface area (Å²) in [7, 11) is 1.81. The van der Waals surface area contributed by atoms with E-state index in [9.17, 15) is 0 Å². The molecule has 2 rings (SSSR count). The normalized spacial score (nSPS) is 22.1. The van der Waals surface area contributed by atoms with Crippen LogP contribution in [-0.4, -0.2) is 12.7 Å².